The Morgan fingerprint density at radius 2 is 1.46 bits per heavy atom. The lowest BCUT2D eigenvalue weighted by Crippen LogP contribution is -2.55. The molecule has 0 aliphatic carbocycles. The van der Waals surface area contributed by atoms with Gasteiger partial charge in [-0.05, 0) is 49.4 Å². The van der Waals surface area contributed by atoms with Crippen molar-refractivity contribution in [3.63, 3.8) is 0 Å². The van der Waals surface area contributed by atoms with Crippen molar-refractivity contribution in [3.8, 4) is 17.8 Å². The number of carbonyl (C=O) groups is 5. The molecular formula is C49H65ClN12O10. The molecule has 7 rings (SSSR count). The number of benzene rings is 2. The number of anilines is 2. The van der Waals surface area contributed by atoms with Gasteiger partial charge in [-0.25, -0.2) is 0 Å². The van der Waals surface area contributed by atoms with E-state index in [4.69, 9.17) is 26.3 Å². The van der Waals surface area contributed by atoms with Gasteiger partial charge in [0.05, 0.1) is 67.7 Å². The molecule has 3 saturated heterocycles. The van der Waals surface area contributed by atoms with Gasteiger partial charge in [0.25, 0.3) is 0 Å². The van der Waals surface area contributed by atoms with Crippen molar-refractivity contribution in [1.82, 2.24) is 44.7 Å². The fourth-order valence-electron chi connectivity index (χ4n) is 10.2. The fourth-order valence-corrected chi connectivity index (χ4v) is 10.5. The first-order valence-electron chi connectivity index (χ1n) is 24.5. The van der Waals surface area contributed by atoms with Gasteiger partial charge in [0.15, 0.2) is 0 Å². The van der Waals surface area contributed by atoms with E-state index in [1.807, 2.05) is 23.1 Å². The number of hydrogen-bond donors (Lipinski definition) is 5. The Kier molecular flexibility index (Phi) is 18.8. The normalized spacial score (nSPS) is 20.2. The number of nitriles is 1. The van der Waals surface area contributed by atoms with Crippen LogP contribution in [0.5, 0.6) is 11.8 Å². The summed E-state index contributed by atoms with van der Waals surface area (Å²) in [5, 5.41) is 54.3. The summed E-state index contributed by atoms with van der Waals surface area (Å²) in [7, 11) is 0. The van der Waals surface area contributed by atoms with Crippen molar-refractivity contribution in [2.45, 2.75) is 44.3 Å². The van der Waals surface area contributed by atoms with Crippen molar-refractivity contribution < 1.29 is 49.1 Å². The van der Waals surface area contributed by atoms with E-state index in [0.29, 0.717) is 89.3 Å². The van der Waals surface area contributed by atoms with Crippen molar-refractivity contribution in [1.29, 1.82) is 5.26 Å². The van der Waals surface area contributed by atoms with Crippen LogP contribution >= 0.6 is 11.6 Å². The summed E-state index contributed by atoms with van der Waals surface area (Å²) in [5.41, 5.74) is 2.47. The van der Waals surface area contributed by atoms with Crippen molar-refractivity contribution in [2.75, 3.05) is 141 Å². The van der Waals surface area contributed by atoms with Gasteiger partial charge in [-0.3, -0.25) is 48.5 Å². The first-order chi connectivity index (χ1) is 34.7. The number of hydrogen-bond acceptors (Lipinski definition) is 17. The number of piperazine rings is 1. The van der Waals surface area contributed by atoms with E-state index >= 15 is 0 Å². The molecule has 388 valence electrons. The van der Waals surface area contributed by atoms with Crippen LogP contribution in [0.4, 0.5) is 11.5 Å². The highest BCUT2D eigenvalue weighted by Gasteiger charge is 2.34. The smallest absolute Gasteiger partial charge is 0.318 e. The third-order valence-corrected chi connectivity index (χ3v) is 14.1. The quantitative estimate of drug-likeness (QED) is 0.112. The molecule has 4 aliphatic heterocycles. The van der Waals surface area contributed by atoms with Crippen molar-refractivity contribution >= 4 is 63.6 Å². The van der Waals surface area contributed by atoms with E-state index < -0.39 is 17.9 Å². The van der Waals surface area contributed by atoms with Crippen LogP contribution in [0.1, 0.15) is 30.5 Å². The largest absolute Gasteiger partial charge is 0.508 e. The predicted molar refractivity (Wildman–Crippen MR) is 267 cm³/mol. The number of aromatic hydroxyl groups is 1. The second-order valence-electron chi connectivity index (χ2n) is 18.7. The maximum Gasteiger partial charge on any atom is 0.318 e. The Morgan fingerprint density at radius 3 is 2.07 bits per heavy atom. The van der Waals surface area contributed by atoms with Crippen LogP contribution in [0, 0.1) is 11.3 Å². The lowest BCUT2D eigenvalue weighted by Gasteiger charge is -2.42. The lowest BCUT2D eigenvalue weighted by molar-refractivity contribution is -0.140. The zero-order chi connectivity index (χ0) is 51.3. The minimum absolute atomic E-state index is 0.00216. The molecule has 0 radical (unpaired) electrons. The zero-order valence-electron chi connectivity index (χ0n) is 40.5. The molecule has 2 amide bonds. The van der Waals surface area contributed by atoms with Gasteiger partial charge in [0.1, 0.15) is 18.2 Å². The van der Waals surface area contributed by atoms with Crippen LogP contribution in [0.2, 0.25) is 5.02 Å². The topological polar surface area (TPSA) is 263 Å². The third-order valence-electron chi connectivity index (χ3n) is 13.8. The number of rotatable bonds is 18. The zero-order valence-corrected chi connectivity index (χ0v) is 41.3. The van der Waals surface area contributed by atoms with Crippen LogP contribution < -0.4 is 19.9 Å². The molecule has 0 saturated carbocycles. The van der Waals surface area contributed by atoms with E-state index in [1.54, 1.807) is 31.7 Å². The summed E-state index contributed by atoms with van der Waals surface area (Å²) in [6.45, 7) is 9.50. The van der Waals surface area contributed by atoms with Crippen LogP contribution in [0.3, 0.4) is 0 Å². The Balaban J connectivity index is 1.01. The van der Waals surface area contributed by atoms with Gasteiger partial charge < -0.3 is 45.2 Å². The molecule has 5 N–H and O–H groups in total. The van der Waals surface area contributed by atoms with Crippen LogP contribution in [0.15, 0.2) is 43.0 Å². The number of aliphatic carboxylic acids is 3. The number of nitrogens with zero attached hydrogens (tertiary/aromatic N) is 11. The highest BCUT2D eigenvalue weighted by molar-refractivity contribution is 6.36. The number of likely N-dealkylation sites (tertiary alicyclic amines) is 1. The van der Waals surface area contributed by atoms with Gasteiger partial charge in [-0.15, -0.1) is 0 Å². The first kappa shape index (κ1) is 53.4. The summed E-state index contributed by atoms with van der Waals surface area (Å²) >= 11 is 6.76. The number of nitrogens with one attached hydrogen (secondary N) is 1. The minimum atomic E-state index is -1.03. The average Bonchev–Trinajstić information content (AvgIpc) is 3.79. The molecule has 22 nitrogen and oxygen atoms in total. The van der Waals surface area contributed by atoms with Gasteiger partial charge in [-0.2, -0.15) is 15.2 Å². The second kappa shape index (κ2) is 25.3. The van der Waals surface area contributed by atoms with Crippen LogP contribution in [-0.4, -0.2) is 233 Å². The molecule has 0 bridgehead atoms. The van der Waals surface area contributed by atoms with Crippen molar-refractivity contribution in [3.05, 3.63) is 59.3 Å². The molecule has 0 unspecified atom stereocenters. The monoisotopic (exact) mass is 1020 g/mol. The maximum absolute atomic E-state index is 13.5. The molecule has 4 aliphatic rings. The number of amides is 2. The number of phenolic OH excluding ortho intramolecular Hbond substituents is 1. The Morgan fingerprint density at radius 1 is 0.819 bits per heavy atom. The predicted octanol–water partition coefficient (Wildman–Crippen LogP) is 1.10. The molecule has 2 atom stereocenters. The van der Waals surface area contributed by atoms with E-state index in [9.17, 15) is 49.7 Å². The molecule has 72 heavy (non-hydrogen) atoms. The summed E-state index contributed by atoms with van der Waals surface area (Å²) in [6, 6.07) is 11.0. The van der Waals surface area contributed by atoms with E-state index in [2.05, 4.69) is 32.7 Å². The highest BCUT2D eigenvalue weighted by Crippen LogP contribution is 2.39. The van der Waals surface area contributed by atoms with Gasteiger partial charge in [-0.1, -0.05) is 30.3 Å². The number of halogens is 1. The number of aromatic nitrogens is 2. The molecule has 23 heteroatoms. The molecule has 1 aromatic heterocycles. The van der Waals surface area contributed by atoms with Gasteiger partial charge in [0, 0.05) is 115 Å². The molecular weight excluding hydrogens is 952 g/mol. The van der Waals surface area contributed by atoms with E-state index in [-0.39, 0.29) is 101 Å². The number of phenols is 1. The van der Waals surface area contributed by atoms with Crippen LogP contribution in [0.25, 0.3) is 10.8 Å². The van der Waals surface area contributed by atoms with E-state index in [0.717, 1.165) is 47.1 Å². The minimum Gasteiger partial charge on any atom is -0.508 e. The molecule has 3 fully saturated rings. The fraction of sp³-hybridized carbons (Fsp3) is 0.551. The van der Waals surface area contributed by atoms with Crippen LogP contribution in [-0.2, 0) is 36.9 Å². The Labute approximate surface area is 423 Å². The number of carbonyl (C=O) groups excluding carboxylic acids is 2. The van der Waals surface area contributed by atoms with Crippen molar-refractivity contribution in [2.24, 2.45) is 0 Å². The lowest BCUT2D eigenvalue weighted by atomic mass is 10.0. The first-order valence-corrected chi connectivity index (χ1v) is 24.8. The summed E-state index contributed by atoms with van der Waals surface area (Å²) < 4.78 is 6.49. The third kappa shape index (κ3) is 14.4. The van der Waals surface area contributed by atoms with Gasteiger partial charge >= 0.3 is 23.9 Å². The SMILES string of the molecule is C=CC(=O)N1CCN(c2nc(OC[C@@H]3CCCN3CCNC(=O)CN3CCN(CC(=O)O)CCN(CC(=O)O)CCN(CC(=O)O)CC3)nc3c2CCN(c2cc(O)cc4cccc(Cl)c24)C3)C[C@@H]1CC#N. The summed E-state index contributed by atoms with van der Waals surface area (Å²) in [5.74, 6) is -2.72. The molecule has 3 aromatic rings. The Bertz CT molecular complexity index is 2460. The number of carboxylic acid groups (broad SMARTS) is 3. The summed E-state index contributed by atoms with van der Waals surface area (Å²) in [6.07, 6.45) is 3.75. The standard InChI is InChI=1S/C49H65ClN12O10/c1-2-43(65)62-24-23-61(27-35(62)8-10-51)48-38-9-13-60(41-26-37(63)25-34-5-3-7-39(50)47(34)41)28-40(38)53-49(54-48)72-33-36-6-4-12-59(36)14-11-52-42(64)29-55-15-17-56(30-44(66)67)19-21-58(32-46(70)71)22-20-57(18-16-55)31-45(68)69/h2-3,5,7,25-26,35-36,63H,1,4,6,8-9,11-24,27-33H2,(H,52,64)(H,66,67)(H,68,69)(H,70,71)/t35-,36-/m0/s1. The maximum atomic E-state index is 13.5. The molecule has 2 aromatic carbocycles. The number of ether oxygens (including phenoxy) is 1. The average molecular weight is 1020 g/mol. The van der Waals surface area contributed by atoms with Gasteiger partial charge in [0.2, 0.25) is 11.8 Å². The molecule has 5 heterocycles. The highest BCUT2D eigenvalue weighted by atomic mass is 35.5. The Hall–Kier alpha value is -6.35. The second-order valence-corrected chi connectivity index (χ2v) is 19.1. The number of fused-ring (bicyclic) bond motifs is 2. The van der Waals surface area contributed by atoms with E-state index in [1.165, 1.54) is 6.08 Å². The molecule has 0 spiro atoms. The summed E-state index contributed by atoms with van der Waals surface area (Å²) in [4.78, 5) is 86.5. The number of carboxylic acids is 3.